The fourth-order valence-electron chi connectivity index (χ4n) is 3.60. The van der Waals surface area contributed by atoms with Crippen molar-refractivity contribution in [3.8, 4) is 0 Å². The molecule has 0 aromatic heterocycles. The molecule has 2 amide bonds. The van der Waals surface area contributed by atoms with Crippen molar-refractivity contribution in [2.45, 2.75) is 76.0 Å². The Morgan fingerprint density at radius 3 is 2.48 bits per heavy atom. The van der Waals surface area contributed by atoms with Gasteiger partial charge in [-0.25, -0.2) is 4.79 Å². The standard InChI is InChI=1S/C15H27N3O3/c1-10(6-7-14(19)20)16-15(21)17-11-8-12-4-3-5-13(9-11)18(12)2/h10-13H,3-9H2,1-2H3,(H,19,20)(H2,16,17,21). The number of carboxylic acids is 1. The van der Waals surface area contributed by atoms with Crippen LogP contribution in [0.1, 0.15) is 51.9 Å². The first-order valence-electron chi connectivity index (χ1n) is 7.96. The summed E-state index contributed by atoms with van der Waals surface area (Å²) in [7, 11) is 2.19. The van der Waals surface area contributed by atoms with E-state index in [-0.39, 0.29) is 24.5 Å². The van der Waals surface area contributed by atoms with E-state index in [4.69, 9.17) is 5.11 Å². The number of hydrogen-bond acceptors (Lipinski definition) is 3. The van der Waals surface area contributed by atoms with Gasteiger partial charge in [0.25, 0.3) is 0 Å². The fourth-order valence-corrected chi connectivity index (χ4v) is 3.60. The highest BCUT2D eigenvalue weighted by molar-refractivity contribution is 5.74. The molecule has 2 fully saturated rings. The zero-order valence-corrected chi connectivity index (χ0v) is 13.0. The van der Waals surface area contributed by atoms with Gasteiger partial charge in [0.2, 0.25) is 0 Å². The SMILES string of the molecule is CC(CCC(=O)O)NC(=O)NC1CC2CCCC(C1)N2C. The van der Waals surface area contributed by atoms with Crippen molar-refractivity contribution in [1.29, 1.82) is 0 Å². The number of rotatable bonds is 5. The summed E-state index contributed by atoms with van der Waals surface area (Å²) in [5.41, 5.74) is 0. The molecular formula is C15H27N3O3. The molecule has 2 heterocycles. The Hall–Kier alpha value is -1.30. The number of urea groups is 1. The second-order valence-corrected chi connectivity index (χ2v) is 6.52. The van der Waals surface area contributed by atoms with E-state index in [9.17, 15) is 9.59 Å². The Bertz CT molecular complexity index is 374. The van der Waals surface area contributed by atoms with E-state index in [0.717, 1.165) is 12.8 Å². The molecule has 2 aliphatic heterocycles. The number of carbonyl (C=O) groups is 2. The minimum atomic E-state index is -0.827. The first kappa shape index (κ1) is 16.1. The zero-order chi connectivity index (χ0) is 15.4. The lowest BCUT2D eigenvalue weighted by Crippen LogP contribution is -2.56. The van der Waals surface area contributed by atoms with E-state index in [2.05, 4.69) is 22.6 Å². The molecule has 3 atom stereocenters. The van der Waals surface area contributed by atoms with E-state index in [1.54, 1.807) is 0 Å². The van der Waals surface area contributed by atoms with E-state index in [0.29, 0.717) is 18.5 Å². The van der Waals surface area contributed by atoms with Crippen LogP contribution in [0.25, 0.3) is 0 Å². The van der Waals surface area contributed by atoms with Crippen molar-refractivity contribution in [2.24, 2.45) is 0 Å². The van der Waals surface area contributed by atoms with Crippen LogP contribution in [-0.4, -0.2) is 53.2 Å². The third-order valence-corrected chi connectivity index (χ3v) is 4.84. The van der Waals surface area contributed by atoms with Gasteiger partial charge in [-0.05, 0) is 46.1 Å². The lowest BCUT2D eigenvalue weighted by molar-refractivity contribution is -0.137. The van der Waals surface area contributed by atoms with Crippen LogP contribution in [-0.2, 0) is 4.79 Å². The second kappa shape index (κ2) is 7.11. The van der Waals surface area contributed by atoms with Gasteiger partial charge in [-0.15, -0.1) is 0 Å². The highest BCUT2D eigenvalue weighted by Gasteiger charge is 2.36. The van der Waals surface area contributed by atoms with Gasteiger partial charge in [-0.3, -0.25) is 4.79 Å². The molecule has 0 aromatic rings. The molecule has 0 saturated carbocycles. The summed E-state index contributed by atoms with van der Waals surface area (Å²) >= 11 is 0. The molecule has 0 spiro atoms. The van der Waals surface area contributed by atoms with Crippen LogP contribution in [0.15, 0.2) is 0 Å². The predicted molar refractivity (Wildman–Crippen MR) is 80.2 cm³/mol. The minimum absolute atomic E-state index is 0.0832. The molecule has 0 radical (unpaired) electrons. The average molecular weight is 297 g/mol. The normalized spacial score (nSPS) is 30.5. The number of carbonyl (C=O) groups excluding carboxylic acids is 1. The molecule has 21 heavy (non-hydrogen) atoms. The van der Waals surface area contributed by atoms with Gasteiger partial charge in [-0.2, -0.15) is 0 Å². The van der Waals surface area contributed by atoms with E-state index in [1.807, 2.05) is 6.92 Å². The summed E-state index contributed by atoms with van der Waals surface area (Å²) in [6.45, 7) is 1.84. The van der Waals surface area contributed by atoms with Gasteiger partial charge in [0.15, 0.2) is 0 Å². The van der Waals surface area contributed by atoms with Crippen LogP contribution in [0, 0.1) is 0 Å². The Morgan fingerprint density at radius 2 is 1.90 bits per heavy atom. The number of fused-ring (bicyclic) bond motifs is 2. The number of carboxylic acid groups (broad SMARTS) is 1. The zero-order valence-electron chi connectivity index (χ0n) is 13.0. The first-order valence-corrected chi connectivity index (χ1v) is 7.96. The van der Waals surface area contributed by atoms with Crippen LogP contribution in [0.3, 0.4) is 0 Å². The summed E-state index contributed by atoms with van der Waals surface area (Å²) in [4.78, 5) is 25.0. The van der Waals surface area contributed by atoms with Crippen molar-refractivity contribution >= 4 is 12.0 Å². The van der Waals surface area contributed by atoms with Crippen LogP contribution in [0.5, 0.6) is 0 Å². The van der Waals surface area contributed by atoms with Gasteiger partial charge >= 0.3 is 12.0 Å². The third-order valence-electron chi connectivity index (χ3n) is 4.84. The highest BCUT2D eigenvalue weighted by atomic mass is 16.4. The molecule has 3 unspecified atom stereocenters. The molecule has 6 heteroatoms. The van der Waals surface area contributed by atoms with Crippen LogP contribution < -0.4 is 10.6 Å². The van der Waals surface area contributed by atoms with Gasteiger partial charge in [0.05, 0.1) is 0 Å². The number of nitrogens with zero attached hydrogens (tertiary/aromatic N) is 1. The van der Waals surface area contributed by atoms with E-state index in [1.165, 1.54) is 19.3 Å². The lowest BCUT2D eigenvalue weighted by Gasteiger charge is -2.47. The molecule has 2 aliphatic rings. The van der Waals surface area contributed by atoms with Crippen molar-refractivity contribution in [1.82, 2.24) is 15.5 Å². The topological polar surface area (TPSA) is 81.7 Å². The summed E-state index contributed by atoms with van der Waals surface area (Å²) in [6, 6.07) is 1.13. The Morgan fingerprint density at radius 1 is 1.29 bits per heavy atom. The van der Waals surface area contributed by atoms with Crippen molar-refractivity contribution in [2.75, 3.05) is 7.05 Å². The van der Waals surface area contributed by atoms with Gasteiger partial charge in [-0.1, -0.05) is 6.42 Å². The molecule has 0 aromatic carbocycles. The molecular weight excluding hydrogens is 270 g/mol. The first-order chi connectivity index (χ1) is 9.95. The number of piperidine rings is 2. The average Bonchev–Trinajstić information content (AvgIpc) is 2.37. The highest BCUT2D eigenvalue weighted by Crippen LogP contribution is 2.32. The van der Waals surface area contributed by atoms with Crippen LogP contribution in [0.4, 0.5) is 4.79 Å². The third kappa shape index (κ3) is 4.59. The maximum absolute atomic E-state index is 12.0. The van der Waals surface area contributed by atoms with Crippen LogP contribution >= 0.6 is 0 Å². The molecule has 2 saturated heterocycles. The maximum atomic E-state index is 12.0. The smallest absolute Gasteiger partial charge is 0.315 e. The summed E-state index contributed by atoms with van der Waals surface area (Å²) in [5.74, 6) is -0.827. The number of aliphatic carboxylic acids is 1. The fraction of sp³-hybridized carbons (Fsp3) is 0.867. The molecule has 2 rings (SSSR count). The maximum Gasteiger partial charge on any atom is 0.315 e. The van der Waals surface area contributed by atoms with E-state index < -0.39 is 5.97 Å². The number of hydrogen-bond donors (Lipinski definition) is 3. The van der Waals surface area contributed by atoms with Gasteiger partial charge in [0, 0.05) is 30.6 Å². The van der Waals surface area contributed by atoms with Crippen molar-refractivity contribution < 1.29 is 14.7 Å². The Kier molecular flexibility index (Phi) is 5.45. The van der Waals surface area contributed by atoms with Crippen molar-refractivity contribution in [3.05, 3.63) is 0 Å². The van der Waals surface area contributed by atoms with Gasteiger partial charge < -0.3 is 20.6 Å². The molecule has 0 aliphatic carbocycles. The summed E-state index contributed by atoms with van der Waals surface area (Å²) in [6.07, 6.45) is 6.32. The molecule has 2 bridgehead atoms. The van der Waals surface area contributed by atoms with Crippen LogP contribution in [0.2, 0.25) is 0 Å². The largest absolute Gasteiger partial charge is 0.481 e. The molecule has 6 nitrogen and oxygen atoms in total. The van der Waals surface area contributed by atoms with Gasteiger partial charge in [0.1, 0.15) is 0 Å². The van der Waals surface area contributed by atoms with E-state index >= 15 is 0 Å². The lowest BCUT2D eigenvalue weighted by atomic mass is 9.82. The quantitative estimate of drug-likeness (QED) is 0.719. The Labute approximate surface area is 126 Å². The monoisotopic (exact) mass is 297 g/mol. The molecule has 3 N–H and O–H groups in total. The predicted octanol–water partition coefficient (Wildman–Crippen LogP) is 1.55. The molecule has 120 valence electrons. The summed E-state index contributed by atoms with van der Waals surface area (Å²) < 4.78 is 0. The number of amides is 2. The summed E-state index contributed by atoms with van der Waals surface area (Å²) in [5, 5.41) is 14.5. The number of nitrogens with one attached hydrogen (secondary N) is 2. The van der Waals surface area contributed by atoms with Crippen molar-refractivity contribution in [3.63, 3.8) is 0 Å². The second-order valence-electron chi connectivity index (χ2n) is 6.52. The Balaban J connectivity index is 1.74. The minimum Gasteiger partial charge on any atom is -0.481 e.